The van der Waals surface area contributed by atoms with Gasteiger partial charge in [-0.3, -0.25) is 28.2 Å². The van der Waals surface area contributed by atoms with Crippen LogP contribution in [0.3, 0.4) is 0 Å². The van der Waals surface area contributed by atoms with E-state index in [2.05, 4.69) is 30.5 Å². The molecule has 0 aromatic rings. The number of aliphatic carboxylic acids is 1. The first-order valence-corrected chi connectivity index (χ1v) is 24.8. The molecule has 0 bridgehead atoms. The Morgan fingerprint density at radius 1 is 0.557 bits per heavy atom. The fourth-order valence-electron chi connectivity index (χ4n) is 6.01. The van der Waals surface area contributed by atoms with Gasteiger partial charge in [0, 0.05) is 19.3 Å². The van der Waals surface area contributed by atoms with Gasteiger partial charge >= 0.3 is 25.7 Å². The molecule has 12 nitrogen and oxygen atoms in total. The lowest BCUT2D eigenvalue weighted by atomic mass is 10.1. The monoisotopic (exact) mass is 880 g/mol. The van der Waals surface area contributed by atoms with Crippen LogP contribution in [-0.4, -0.2) is 65.7 Å². The molecule has 0 aliphatic heterocycles. The number of hydrogen-bond donors (Lipinski definition) is 3. The predicted molar refractivity (Wildman–Crippen MR) is 245 cm³/mol. The van der Waals surface area contributed by atoms with Gasteiger partial charge in [-0.25, -0.2) is 4.57 Å². The van der Waals surface area contributed by atoms with Crippen molar-refractivity contribution in [1.82, 2.24) is 0 Å². The second kappa shape index (κ2) is 42.2. The second-order valence-electron chi connectivity index (χ2n) is 15.6. The van der Waals surface area contributed by atoms with Crippen molar-refractivity contribution in [3.8, 4) is 0 Å². The fourth-order valence-corrected chi connectivity index (χ4v) is 6.79. The molecule has 350 valence electrons. The maximum Gasteiger partial charge on any atom is 0.472 e. The number of nitrogens with two attached hydrogens (primary N) is 1. The fraction of sp³-hybridized carbons (Fsp3) is 0.708. The molecule has 13 heteroatoms. The summed E-state index contributed by atoms with van der Waals surface area (Å²) < 4.78 is 32.6. The van der Waals surface area contributed by atoms with Crippen LogP contribution in [0.2, 0.25) is 0 Å². The van der Waals surface area contributed by atoms with Crippen LogP contribution in [0.25, 0.3) is 0 Å². The Balaban J connectivity index is 4.44. The number of allylic oxidation sites excluding steroid dienone is 10. The summed E-state index contributed by atoms with van der Waals surface area (Å²) in [5, 5.41) is 8.90. The molecular formula is C48H82NO11P. The van der Waals surface area contributed by atoms with Gasteiger partial charge in [0.25, 0.3) is 0 Å². The molecule has 4 N–H and O–H groups in total. The molecule has 0 aromatic heterocycles. The third-order valence-corrected chi connectivity index (χ3v) is 10.7. The number of ether oxygens (including phenoxy) is 2. The van der Waals surface area contributed by atoms with Crippen LogP contribution in [0.5, 0.6) is 0 Å². The predicted octanol–water partition coefficient (Wildman–Crippen LogP) is 11.9. The minimum atomic E-state index is -4.75. The first-order valence-electron chi connectivity index (χ1n) is 23.3. The van der Waals surface area contributed by atoms with Gasteiger partial charge < -0.3 is 25.2 Å². The van der Waals surface area contributed by atoms with Crippen LogP contribution in [0.4, 0.5) is 0 Å². The highest BCUT2D eigenvalue weighted by Crippen LogP contribution is 2.43. The number of unbranched alkanes of at least 4 members (excludes halogenated alkanes) is 18. The number of ketones is 1. The first-order chi connectivity index (χ1) is 29.5. The molecule has 0 radical (unpaired) electrons. The Labute approximate surface area is 368 Å². The van der Waals surface area contributed by atoms with Crippen LogP contribution in [0, 0.1) is 0 Å². The number of esters is 2. The third kappa shape index (κ3) is 42.0. The van der Waals surface area contributed by atoms with E-state index >= 15 is 0 Å². The summed E-state index contributed by atoms with van der Waals surface area (Å²) in [6, 6.07) is -1.54. The summed E-state index contributed by atoms with van der Waals surface area (Å²) in [5.74, 6) is -2.35. The van der Waals surface area contributed by atoms with Gasteiger partial charge in [-0.2, -0.15) is 0 Å². The van der Waals surface area contributed by atoms with Crippen LogP contribution in [-0.2, 0) is 42.3 Å². The maximum absolute atomic E-state index is 12.6. The van der Waals surface area contributed by atoms with E-state index in [1.54, 1.807) is 12.2 Å². The summed E-state index contributed by atoms with van der Waals surface area (Å²) in [4.78, 5) is 57.7. The summed E-state index contributed by atoms with van der Waals surface area (Å²) in [6.07, 6.45) is 45.6. The lowest BCUT2D eigenvalue weighted by Crippen LogP contribution is -2.34. The molecule has 3 atom stereocenters. The highest BCUT2D eigenvalue weighted by molar-refractivity contribution is 7.47. The lowest BCUT2D eigenvalue weighted by Gasteiger charge is -2.20. The number of carbonyl (C=O) groups excluding carboxylic acids is 3. The molecule has 0 heterocycles. The highest BCUT2D eigenvalue weighted by Gasteiger charge is 2.28. The molecule has 0 saturated heterocycles. The average molecular weight is 880 g/mol. The van der Waals surface area contributed by atoms with Gasteiger partial charge in [0.15, 0.2) is 11.9 Å². The standard InChI is InChI=1S/C48H82NO11P/c1-3-5-7-8-9-10-11-12-13-14-15-16-17-18-21-24-27-30-34-38-46(51)57-40-44(41-58-61(55,56)59-42-45(49)48(53)54)60-47(52)39-35-31-28-25-22-19-20-23-26-29-33-37-43(50)36-32-6-4-2/h12-13,19-20,25-26,28-29,33,37,44-45H,3-11,14-18,21-24,27,30-32,34-36,38-42,49H2,1-2H3,(H,53,54)(H,55,56)/b13-12-,20-19-,28-25-,29-26-,37-33+/t44-,45+/m1/s1. The molecule has 0 fully saturated rings. The summed E-state index contributed by atoms with van der Waals surface area (Å²) in [5.41, 5.74) is 5.33. The van der Waals surface area contributed by atoms with Crippen LogP contribution in [0.1, 0.15) is 187 Å². The van der Waals surface area contributed by atoms with Crippen LogP contribution in [0.15, 0.2) is 60.8 Å². The zero-order chi connectivity index (χ0) is 45.1. The first kappa shape index (κ1) is 57.9. The zero-order valence-corrected chi connectivity index (χ0v) is 38.6. The molecule has 0 aliphatic carbocycles. The molecule has 0 saturated carbocycles. The normalized spacial score (nSPS) is 14.1. The molecule has 0 rings (SSSR count). The minimum Gasteiger partial charge on any atom is -0.480 e. The molecule has 0 spiro atoms. The van der Waals surface area contributed by atoms with E-state index in [9.17, 15) is 28.6 Å². The van der Waals surface area contributed by atoms with Crippen molar-refractivity contribution in [2.45, 2.75) is 199 Å². The number of phosphoric acid groups is 1. The van der Waals surface area contributed by atoms with E-state index in [0.29, 0.717) is 25.7 Å². The van der Waals surface area contributed by atoms with Crippen LogP contribution >= 0.6 is 7.82 Å². The van der Waals surface area contributed by atoms with Gasteiger partial charge in [-0.15, -0.1) is 0 Å². The molecular weight excluding hydrogens is 797 g/mol. The van der Waals surface area contributed by atoms with Gasteiger partial charge in [0.2, 0.25) is 0 Å². The number of phosphoric ester groups is 1. The molecule has 0 aliphatic rings. The van der Waals surface area contributed by atoms with Crippen molar-refractivity contribution in [3.05, 3.63) is 60.8 Å². The topological polar surface area (TPSA) is 189 Å². The van der Waals surface area contributed by atoms with Crippen molar-refractivity contribution in [2.75, 3.05) is 19.8 Å². The summed E-state index contributed by atoms with van der Waals surface area (Å²) in [7, 11) is -4.75. The third-order valence-electron chi connectivity index (χ3n) is 9.71. The second-order valence-corrected chi connectivity index (χ2v) is 17.0. The number of carbonyl (C=O) groups is 4. The Kier molecular flexibility index (Phi) is 40.0. The van der Waals surface area contributed by atoms with Gasteiger partial charge in [-0.05, 0) is 70.3 Å². The summed E-state index contributed by atoms with van der Waals surface area (Å²) in [6.45, 7) is 2.57. The molecule has 0 aromatic carbocycles. The number of hydrogen-bond acceptors (Lipinski definition) is 10. The SMILES string of the molecule is CCCCCCCC/C=C\CCCCCCCCCCCC(=O)OC[C@H](COP(=O)(O)OC[C@H](N)C(=O)O)OC(=O)CCC/C=C\C/C=C\C/C=C\C=C\C(=O)CCCCC. The van der Waals surface area contributed by atoms with E-state index in [1.807, 2.05) is 36.5 Å². The lowest BCUT2D eigenvalue weighted by molar-refractivity contribution is -0.161. The van der Waals surface area contributed by atoms with Crippen molar-refractivity contribution in [3.63, 3.8) is 0 Å². The summed E-state index contributed by atoms with van der Waals surface area (Å²) >= 11 is 0. The van der Waals surface area contributed by atoms with Crippen molar-refractivity contribution >= 4 is 31.5 Å². The maximum atomic E-state index is 12.6. The number of carboxylic acid groups (broad SMARTS) is 1. The van der Waals surface area contributed by atoms with Crippen LogP contribution < -0.4 is 5.73 Å². The average Bonchev–Trinajstić information content (AvgIpc) is 3.23. The van der Waals surface area contributed by atoms with E-state index in [-0.39, 0.29) is 25.2 Å². The highest BCUT2D eigenvalue weighted by atomic mass is 31.2. The smallest absolute Gasteiger partial charge is 0.472 e. The van der Waals surface area contributed by atoms with Gasteiger partial charge in [0.1, 0.15) is 12.6 Å². The minimum absolute atomic E-state index is 0.0570. The molecule has 1 unspecified atom stereocenters. The Hall–Kier alpha value is -3.15. The van der Waals surface area contributed by atoms with E-state index in [0.717, 1.165) is 51.4 Å². The zero-order valence-electron chi connectivity index (χ0n) is 37.7. The van der Waals surface area contributed by atoms with Gasteiger partial charge in [-0.1, -0.05) is 158 Å². The molecule has 0 amide bonds. The number of rotatable bonds is 43. The quantitative estimate of drug-likeness (QED) is 0.0131. The van der Waals surface area contributed by atoms with E-state index < -0.39 is 51.1 Å². The Bertz CT molecular complexity index is 1330. The van der Waals surface area contributed by atoms with Gasteiger partial charge in [0.05, 0.1) is 13.2 Å². The molecule has 61 heavy (non-hydrogen) atoms. The van der Waals surface area contributed by atoms with E-state index in [4.69, 9.17) is 24.8 Å². The van der Waals surface area contributed by atoms with Crippen molar-refractivity contribution in [1.29, 1.82) is 0 Å². The Morgan fingerprint density at radius 3 is 1.66 bits per heavy atom. The number of carboxylic acids is 1. The Morgan fingerprint density at radius 2 is 1.03 bits per heavy atom. The van der Waals surface area contributed by atoms with Crippen molar-refractivity contribution < 1.29 is 52.3 Å². The van der Waals surface area contributed by atoms with E-state index in [1.165, 1.54) is 83.5 Å². The largest absolute Gasteiger partial charge is 0.480 e. The van der Waals surface area contributed by atoms with Crippen molar-refractivity contribution in [2.24, 2.45) is 5.73 Å².